The Kier molecular flexibility index (Phi) is 2.37. The summed E-state index contributed by atoms with van der Waals surface area (Å²) in [5.74, 6) is 0.961. The average molecular weight is 183 g/mol. The smallest absolute Gasteiger partial charge is 0.0922 e. The molecule has 0 radical (unpaired) electrons. The van der Waals surface area contributed by atoms with E-state index in [2.05, 4.69) is 9.59 Å². The number of hydrogen-bond donors (Lipinski definition) is 1. The minimum atomic E-state index is 0.115. The van der Waals surface area contributed by atoms with E-state index >= 15 is 0 Å². The summed E-state index contributed by atoms with van der Waals surface area (Å²) in [6.07, 6.45) is 5.14. The highest BCUT2D eigenvalue weighted by atomic mass is 32.1. The standard InChI is InChI=1S/C8H13N3S/c9-7(4-3-6-1-2-6)8-5-12-11-10-8/h5-7H,1-4,9H2. The lowest BCUT2D eigenvalue weighted by Gasteiger charge is -2.05. The molecule has 1 fully saturated rings. The SMILES string of the molecule is NC(CCC1CC1)c1csnn1. The Morgan fingerprint density at radius 2 is 2.50 bits per heavy atom. The summed E-state index contributed by atoms with van der Waals surface area (Å²) in [6.45, 7) is 0. The summed E-state index contributed by atoms with van der Waals surface area (Å²) in [4.78, 5) is 0. The first-order valence-corrected chi connectivity index (χ1v) is 5.22. The van der Waals surface area contributed by atoms with Crippen molar-refractivity contribution in [1.82, 2.24) is 9.59 Å². The van der Waals surface area contributed by atoms with Gasteiger partial charge in [0.2, 0.25) is 0 Å². The summed E-state index contributed by atoms with van der Waals surface area (Å²) in [5, 5.41) is 5.90. The maximum absolute atomic E-state index is 5.92. The van der Waals surface area contributed by atoms with Gasteiger partial charge < -0.3 is 5.73 Å². The van der Waals surface area contributed by atoms with E-state index in [1.54, 1.807) is 0 Å². The first-order chi connectivity index (χ1) is 5.86. The maximum atomic E-state index is 5.92. The first-order valence-electron chi connectivity index (χ1n) is 4.39. The van der Waals surface area contributed by atoms with E-state index in [0.29, 0.717) is 0 Å². The predicted octanol–water partition coefficient (Wildman–Crippen LogP) is 1.73. The highest BCUT2D eigenvalue weighted by molar-refractivity contribution is 7.03. The summed E-state index contributed by atoms with van der Waals surface area (Å²) in [6, 6.07) is 0.115. The van der Waals surface area contributed by atoms with Crippen molar-refractivity contribution in [3.63, 3.8) is 0 Å². The lowest BCUT2D eigenvalue weighted by molar-refractivity contribution is 0.564. The molecule has 1 aromatic rings. The number of hydrogen-bond acceptors (Lipinski definition) is 4. The molecule has 12 heavy (non-hydrogen) atoms. The fourth-order valence-electron chi connectivity index (χ4n) is 1.30. The second-order valence-corrected chi connectivity index (χ2v) is 4.07. The van der Waals surface area contributed by atoms with Crippen LogP contribution in [-0.2, 0) is 0 Å². The molecule has 4 heteroatoms. The molecule has 0 amide bonds. The van der Waals surface area contributed by atoms with Crippen LogP contribution < -0.4 is 5.73 Å². The van der Waals surface area contributed by atoms with Crippen molar-refractivity contribution in [3.05, 3.63) is 11.1 Å². The van der Waals surface area contributed by atoms with E-state index in [0.717, 1.165) is 18.0 Å². The second kappa shape index (κ2) is 3.49. The molecule has 0 spiro atoms. The van der Waals surface area contributed by atoms with Crippen LogP contribution in [0.1, 0.15) is 37.4 Å². The van der Waals surface area contributed by atoms with Gasteiger partial charge in [-0.25, -0.2) is 0 Å². The summed E-state index contributed by atoms with van der Waals surface area (Å²) >= 11 is 1.38. The zero-order chi connectivity index (χ0) is 8.39. The first kappa shape index (κ1) is 8.13. The van der Waals surface area contributed by atoms with E-state index in [-0.39, 0.29) is 6.04 Å². The quantitative estimate of drug-likeness (QED) is 0.773. The van der Waals surface area contributed by atoms with Gasteiger partial charge in [0.15, 0.2) is 0 Å². The molecule has 1 aliphatic carbocycles. The molecule has 1 saturated carbocycles. The normalized spacial score (nSPS) is 19.4. The highest BCUT2D eigenvalue weighted by Crippen LogP contribution is 2.35. The lowest BCUT2D eigenvalue weighted by Crippen LogP contribution is -2.10. The molecule has 1 atom stereocenters. The van der Waals surface area contributed by atoms with Gasteiger partial charge in [-0.05, 0) is 30.3 Å². The van der Waals surface area contributed by atoms with Gasteiger partial charge in [0.1, 0.15) is 0 Å². The van der Waals surface area contributed by atoms with E-state index in [4.69, 9.17) is 5.73 Å². The van der Waals surface area contributed by atoms with Gasteiger partial charge in [0.25, 0.3) is 0 Å². The molecule has 3 nitrogen and oxygen atoms in total. The van der Waals surface area contributed by atoms with Crippen LogP contribution in [0.2, 0.25) is 0 Å². The van der Waals surface area contributed by atoms with Crippen LogP contribution in [0, 0.1) is 5.92 Å². The van der Waals surface area contributed by atoms with E-state index in [1.807, 2.05) is 5.38 Å². The molecule has 2 rings (SSSR count). The summed E-state index contributed by atoms with van der Waals surface area (Å²) in [5.41, 5.74) is 6.88. The molecule has 0 saturated heterocycles. The Balaban J connectivity index is 1.79. The number of nitrogens with zero attached hydrogens (tertiary/aromatic N) is 2. The lowest BCUT2D eigenvalue weighted by atomic mass is 10.1. The van der Waals surface area contributed by atoms with Crippen molar-refractivity contribution >= 4 is 11.5 Å². The molecular formula is C8H13N3S. The van der Waals surface area contributed by atoms with Gasteiger partial charge in [-0.1, -0.05) is 17.3 Å². The van der Waals surface area contributed by atoms with Crippen molar-refractivity contribution in [1.29, 1.82) is 0 Å². The minimum absolute atomic E-state index is 0.115. The fourth-order valence-corrected chi connectivity index (χ4v) is 1.82. The number of nitrogens with two attached hydrogens (primary N) is 1. The van der Waals surface area contributed by atoms with Crippen molar-refractivity contribution in [2.24, 2.45) is 11.7 Å². The Bertz CT molecular complexity index is 230. The van der Waals surface area contributed by atoms with Crippen molar-refractivity contribution in [2.45, 2.75) is 31.7 Å². The van der Waals surface area contributed by atoms with Gasteiger partial charge in [0, 0.05) is 11.4 Å². The molecule has 1 aromatic heterocycles. The Hall–Kier alpha value is -0.480. The summed E-state index contributed by atoms with van der Waals surface area (Å²) < 4.78 is 3.80. The Morgan fingerprint density at radius 1 is 1.67 bits per heavy atom. The van der Waals surface area contributed by atoms with Crippen LogP contribution in [0.5, 0.6) is 0 Å². The second-order valence-electron chi connectivity index (χ2n) is 3.46. The highest BCUT2D eigenvalue weighted by Gasteiger charge is 2.22. The van der Waals surface area contributed by atoms with Crippen LogP contribution in [0.4, 0.5) is 0 Å². The van der Waals surface area contributed by atoms with Crippen molar-refractivity contribution in [3.8, 4) is 0 Å². The third-order valence-corrected chi connectivity index (χ3v) is 2.86. The van der Waals surface area contributed by atoms with Crippen molar-refractivity contribution in [2.75, 3.05) is 0 Å². The Morgan fingerprint density at radius 3 is 3.08 bits per heavy atom. The molecule has 0 aliphatic heterocycles. The maximum Gasteiger partial charge on any atom is 0.0922 e. The number of aromatic nitrogens is 2. The molecule has 1 unspecified atom stereocenters. The van der Waals surface area contributed by atoms with Crippen LogP contribution >= 0.6 is 11.5 Å². The van der Waals surface area contributed by atoms with Gasteiger partial charge in [0.05, 0.1) is 5.69 Å². The molecule has 66 valence electrons. The molecule has 0 aromatic carbocycles. The number of rotatable bonds is 4. The van der Waals surface area contributed by atoms with Gasteiger partial charge in [-0.15, -0.1) is 5.10 Å². The van der Waals surface area contributed by atoms with Crippen LogP contribution in [0.25, 0.3) is 0 Å². The minimum Gasteiger partial charge on any atom is -0.323 e. The van der Waals surface area contributed by atoms with E-state index in [9.17, 15) is 0 Å². The topological polar surface area (TPSA) is 51.8 Å². The Labute approximate surface area is 76.1 Å². The van der Waals surface area contributed by atoms with E-state index < -0.39 is 0 Å². The zero-order valence-corrected chi connectivity index (χ0v) is 7.76. The van der Waals surface area contributed by atoms with Crippen LogP contribution in [-0.4, -0.2) is 9.59 Å². The molecule has 1 aliphatic rings. The molecule has 1 heterocycles. The molecule has 0 bridgehead atoms. The van der Waals surface area contributed by atoms with Gasteiger partial charge in [-0.3, -0.25) is 0 Å². The van der Waals surface area contributed by atoms with Crippen LogP contribution in [0.15, 0.2) is 5.38 Å². The van der Waals surface area contributed by atoms with Gasteiger partial charge in [-0.2, -0.15) is 0 Å². The van der Waals surface area contributed by atoms with Crippen molar-refractivity contribution < 1.29 is 0 Å². The molecule has 2 N–H and O–H groups in total. The largest absolute Gasteiger partial charge is 0.323 e. The third-order valence-electron chi connectivity index (χ3n) is 2.34. The average Bonchev–Trinajstić information content (AvgIpc) is 2.74. The summed E-state index contributed by atoms with van der Waals surface area (Å²) in [7, 11) is 0. The fraction of sp³-hybridized carbons (Fsp3) is 0.750. The van der Waals surface area contributed by atoms with Gasteiger partial charge >= 0.3 is 0 Å². The monoisotopic (exact) mass is 183 g/mol. The zero-order valence-electron chi connectivity index (χ0n) is 6.94. The van der Waals surface area contributed by atoms with E-state index in [1.165, 1.54) is 30.8 Å². The molecular weight excluding hydrogens is 170 g/mol. The third kappa shape index (κ3) is 2.01. The predicted molar refractivity (Wildman–Crippen MR) is 48.8 cm³/mol. The van der Waals surface area contributed by atoms with Crippen LogP contribution in [0.3, 0.4) is 0 Å².